The van der Waals surface area contributed by atoms with Gasteiger partial charge in [0, 0.05) is 38.3 Å². The zero-order valence-electron chi connectivity index (χ0n) is 12.0. The van der Waals surface area contributed by atoms with Crippen molar-refractivity contribution >= 4 is 11.8 Å². The van der Waals surface area contributed by atoms with E-state index >= 15 is 0 Å². The van der Waals surface area contributed by atoms with Gasteiger partial charge < -0.3 is 10.1 Å². The van der Waals surface area contributed by atoms with Gasteiger partial charge in [-0.3, -0.25) is 4.90 Å². The highest BCUT2D eigenvalue weighted by Gasteiger charge is 2.18. The lowest BCUT2D eigenvalue weighted by Crippen LogP contribution is -2.43. The molecule has 0 spiro atoms. The van der Waals surface area contributed by atoms with E-state index < -0.39 is 0 Å². The van der Waals surface area contributed by atoms with Gasteiger partial charge in [-0.15, -0.1) is 0 Å². The fourth-order valence-electron chi connectivity index (χ4n) is 2.83. The van der Waals surface area contributed by atoms with E-state index in [1.165, 1.54) is 29.9 Å². The van der Waals surface area contributed by atoms with Gasteiger partial charge in [0.15, 0.2) is 0 Å². The lowest BCUT2D eigenvalue weighted by atomic mass is 10.1. The second-order valence-electron chi connectivity index (χ2n) is 5.56. The molecule has 2 aliphatic heterocycles. The SMILES string of the molecule is c1ccc(OC2CCSCC2)c(CN2CCNCC2)c1. The van der Waals surface area contributed by atoms with Crippen LogP contribution in [0.2, 0.25) is 0 Å². The zero-order valence-corrected chi connectivity index (χ0v) is 12.8. The molecule has 0 amide bonds. The van der Waals surface area contributed by atoms with E-state index in [4.69, 9.17) is 4.74 Å². The van der Waals surface area contributed by atoms with E-state index in [0.29, 0.717) is 6.10 Å². The lowest BCUT2D eigenvalue weighted by Gasteiger charge is -2.29. The molecule has 110 valence electrons. The van der Waals surface area contributed by atoms with Crippen LogP contribution in [0.15, 0.2) is 24.3 Å². The molecule has 0 aromatic heterocycles. The van der Waals surface area contributed by atoms with E-state index in [2.05, 4.69) is 34.5 Å². The molecular formula is C16H24N2OS. The summed E-state index contributed by atoms with van der Waals surface area (Å²) < 4.78 is 6.27. The van der Waals surface area contributed by atoms with E-state index in [0.717, 1.165) is 38.5 Å². The van der Waals surface area contributed by atoms with Gasteiger partial charge in [-0.2, -0.15) is 11.8 Å². The van der Waals surface area contributed by atoms with Crippen LogP contribution < -0.4 is 10.1 Å². The molecule has 2 saturated heterocycles. The third-order valence-corrected chi connectivity index (χ3v) is 5.09. The van der Waals surface area contributed by atoms with Crippen molar-refractivity contribution < 1.29 is 4.74 Å². The van der Waals surface area contributed by atoms with Crippen LogP contribution in [0.1, 0.15) is 18.4 Å². The van der Waals surface area contributed by atoms with Crippen LogP contribution in [-0.2, 0) is 6.54 Å². The standard InChI is InChI=1S/C16H24N2OS/c1-2-4-16(19-15-5-11-20-12-6-15)14(3-1)13-18-9-7-17-8-10-18/h1-4,15,17H,5-13H2. The molecule has 0 atom stereocenters. The van der Waals surface area contributed by atoms with Crippen molar-refractivity contribution in [2.45, 2.75) is 25.5 Å². The molecule has 2 heterocycles. The quantitative estimate of drug-likeness (QED) is 0.921. The Morgan fingerprint density at radius 2 is 1.90 bits per heavy atom. The number of para-hydroxylation sites is 1. The maximum Gasteiger partial charge on any atom is 0.124 e. The first kappa shape index (κ1) is 14.2. The Balaban J connectivity index is 1.63. The molecule has 3 nitrogen and oxygen atoms in total. The summed E-state index contributed by atoms with van der Waals surface area (Å²) in [6, 6.07) is 8.57. The predicted octanol–water partition coefficient (Wildman–Crippen LogP) is 2.37. The Bertz CT molecular complexity index is 376. The minimum atomic E-state index is 0.417. The Hall–Kier alpha value is -0.710. The molecule has 1 N–H and O–H groups in total. The molecule has 2 aliphatic rings. The summed E-state index contributed by atoms with van der Waals surface area (Å²) in [5, 5.41) is 3.41. The summed E-state index contributed by atoms with van der Waals surface area (Å²) in [6.07, 6.45) is 2.79. The smallest absolute Gasteiger partial charge is 0.124 e. The van der Waals surface area contributed by atoms with Crippen molar-refractivity contribution in [2.24, 2.45) is 0 Å². The van der Waals surface area contributed by atoms with Gasteiger partial charge in [0.1, 0.15) is 11.9 Å². The van der Waals surface area contributed by atoms with E-state index in [-0.39, 0.29) is 0 Å². The fraction of sp³-hybridized carbons (Fsp3) is 0.625. The number of rotatable bonds is 4. The molecule has 2 fully saturated rings. The topological polar surface area (TPSA) is 24.5 Å². The Morgan fingerprint density at radius 1 is 1.15 bits per heavy atom. The first-order valence-corrected chi connectivity index (χ1v) is 8.83. The van der Waals surface area contributed by atoms with Crippen molar-refractivity contribution in [3.8, 4) is 5.75 Å². The van der Waals surface area contributed by atoms with Gasteiger partial charge >= 0.3 is 0 Å². The second-order valence-corrected chi connectivity index (χ2v) is 6.79. The fourth-order valence-corrected chi connectivity index (χ4v) is 3.90. The maximum atomic E-state index is 6.27. The first-order valence-electron chi connectivity index (χ1n) is 7.67. The summed E-state index contributed by atoms with van der Waals surface area (Å²) >= 11 is 2.05. The highest BCUT2D eigenvalue weighted by Crippen LogP contribution is 2.26. The van der Waals surface area contributed by atoms with Crippen molar-refractivity contribution in [2.75, 3.05) is 37.7 Å². The third kappa shape index (κ3) is 3.90. The number of hydrogen-bond acceptors (Lipinski definition) is 4. The average molecular weight is 292 g/mol. The molecule has 20 heavy (non-hydrogen) atoms. The lowest BCUT2D eigenvalue weighted by molar-refractivity contribution is 0.183. The summed E-state index contributed by atoms with van der Waals surface area (Å²) in [6.45, 7) is 5.48. The van der Waals surface area contributed by atoms with Crippen LogP contribution in [0.5, 0.6) is 5.75 Å². The monoisotopic (exact) mass is 292 g/mol. The highest BCUT2D eigenvalue weighted by molar-refractivity contribution is 7.99. The Morgan fingerprint density at radius 3 is 2.70 bits per heavy atom. The van der Waals surface area contributed by atoms with Crippen molar-refractivity contribution in [3.63, 3.8) is 0 Å². The first-order chi connectivity index (χ1) is 9.92. The van der Waals surface area contributed by atoms with E-state index in [1.54, 1.807) is 0 Å². The highest BCUT2D eigenvalue weighted by atomic mass is 32.2. The molecule has 0 aliphatic carbocycles. The van der Waals surface area contributed by atoms with Crippen LogP contribution in [0.3, 0.4) is 0 Å². The van der Waals surface area contributed by atoms with Crippen molar-refractivity contribution in [1.82, 2.24) is 10.2 Å². The average Bonchev–Trinajstić information content (AvgIpc) is 2.51. The second kappa shape index (κ2) is 7.34. The Labute approximate surface area is 126 Å². The molecule has 0 unspecified atom stereocenters. The van der Waals surface area contributed by atoms with Crippen LogP contribution in [0, 0.1) is 0 Å². The maximum absolute atomic E-state index is 6.27. The van der Waals surface area contributed by atoms with Gasteiger partial charge in [0.05, 0.1) is 0 Å². The van der Waals surface area contributed by atoms with Gasteiger partial charge in [0.2, 0.25) is 0 Å². The summed E-state index contributed by atoms with van der Waals surface area (Å²) in [7, 11) is 0. The predicted molar refractivity (Wildman–Crippen MR) is 85.6 cm³/mol. The zero-order chi connectivity index (χ0) is 13.6. The number of benzene rings is 1. The molecule has 4 heteroatoms. The van der Waals surface area contributed by atoms with Crippen LogP contribution in [0.4, 0.5) is 0 Å². The minimum Gasteiger partial charge on any atom is -0.490 e. The van der Waals surface area contributed by atoms with Crippen LogP contribution in [-0.4, -0.2) is 48.7 Å². The van der Waals surface area contributed by atoms with Gasteiger partial charge in [-0.05, 0) is 30.4 Å². The van der Waals surface area contributed by atoms with Gasteiger partial charge in [-0.25, -0.2) is 0 Å². The third-order valence-electron chi connectivity index (χ3n) is 4.04. The normalized spacial score (nSPS) is 21.8. The molecule has 0 radical (unpaired) electrons. The number of nitrogens with one attached hydrogen (secondary N) is 1. The van der Waals surface area contributed by atoms with Crippen LogP contribution in [0.25, 0.3) is 0 Å². The molecule has 3 rings (SSSR count). The minimum absolute atomic E-state index is 0.417. The molecule has 1 aromatic rings. The Kier molecular flexibility index (Phi) is 5.23. The van der Waals surface area contributed by atoms with Crippen LogP contribution >= 0.6 is 11.8 Å². The van der Waals surface area contributed by atoms with Gasteiger partial charge in [0.25, 0.3) is 0 Å². The summed E-state index contributed by atoms with van der Waals surface area (Å²) in [5.41, 5.74) is 1.34. The summed E-state index contributed by atoms with van der Waals surface area (Å²) in [4.78, 5) is 2.51. The molecular weight excluding hydrogens is 268 g/mol. The summed E-state index contributed by atoms with van der Waals surface area (Å²) in [5.74, 6) is 3.58. The molecule has 0 bridgehead atoms. The van der Waals surface area contributed by atoms with E-state index in [9.17, 15) is 0 Å². The van der Waals surface area contributed by atoms with Gasteiger partial charge in [-0.1, -0.05) is 18.2 Å². The number of piperazine rings is 1. The molecule has 1 aromatic carbocycles. The number of hydrogen-bond donors (Lipinski definition) is 1. The van der Waals surface area contributed by atoms with Crippen molar-refractivity contribution in [1.29, 1.82) is 0 Å². The number of thioether (sulfide) groups is 1. The van der Waals surface area contributed by atoms with Crippen molar-refractivity contribution in [3.05, 3.63) is 29.8 Å². The number of ether oxygens (including phenoxy) is 1. The van der Waals surface area contributed by atoms with E-state index in [1.807, 2.05) is 11.8 Å². The molecule has 0 saturated carbocycles. The number of nitrogens with zero attached hydrogens (tertiary/aromatic N) is 1. The largest absolute Gasteiger partial charge is 0.490 e.